The molecule has 2 N–H and O–H groups in total. The number of rotatable bonds is 3. The Morgan fingerprint density at radius 3 is 3.12 bits per heavy atom. The highest BCUT2D eigenvalue weighted by Gasteiger charge is 2.71. The number of phenols is 1. The third-order valence-electron chi connectivity index (χ3n) is 7.60. The smallest absolute Gasteiger partial charge is 0.293 e. The molecule has 6 rings (SSSR count). The standard InChI is InChI=1S/C21H25NO3/c1-12-6-7-21(24)16-10-14-4-5-15(23)18-17(14)20(21,19(12)25-18)8-9-22(16)11-13-2-3-13/h4-5,13,16,19,23-24H,1-3,6-11H2/t16-,19+,20+,21-/m1/s1/i4D/hD. The van der Waals surface area contributed by atoms with Gasteiger partial charge in [0.05, 0.1) is 12.4 Å². The van der Waals surface area contributed by atoms with Crippen LogP contribution in [0.3, 0.4) is 0 Å². The maximum Gasteiger partial charge on any atom is 0.293 e. The van der Waals surface area contributed by atoms with Gasteiger partial charge in [-0.1, -0.05) is 12.6 Å². The van der Waals surface area contributed by atoms with E-state index >= 15 is 0 Å². The van der Waals surface area contributed by atoms with Gasteiger partial charge < -0.3 is 15.0 Å². The molecule has 0 amide bonds. The van der Waals surface area contributed by atoms with E-state index in [4.69, 9.17) is 12.6 Å². The van der Waals surface area contributed by atoms with Crippen molar-refractivity contribution in [3.05, 3.63) is 35.4 Å². The lowest BCUT2D eigenvalue weighted by atomic mass is 9.48. The van der Waals surface area contributed by atoms with Crippen molar-refractivity contribution in [2.45, 2.75) is 61.7 Å². The van der Waals surface area contributed by atoms with Crippen LogP contribution in [0.1, 0.15) is 44.6 Å². The molecule has 5 aliphatic rings. The Morgan fingerprint density at radius 1 is 1.44 bits per heavy atom. The van der Waals surface area contributed by atoms with E-state index < -0.39 is 11.0 Å². The Morgan fingerprint density at radius 2 is 2.32 bits per heavy atom. The molecule has 1 aromatic carbocycles. The van der Waals surface area contributed by atoms with Crippen molar-refractivity contribution in [1.29, 1.82) is 1.43 Å². The summed E-state index contributed by atoms with van der Waals surface area (Å²) in [5.74, 6) is 1.62. The molecule has 0 radical (unpaired) electrons. The highest BCUT2D eigenvalue weighted by Crippen LogP contribution is 2.66. The summed E-state index contributed by atoms with van der Waals surface area (Å²) in [7, 11) is 0. The number of aromatic hydroxyl groups is 1. The molecule has 1 saturated heterocycles. The largest absolute Gasteiger partial charge is 0.504 e. The molecule has 2 heterocycles. The fraction of sp³-hybridized carbons (Fsp3) is 0.619. The number of aliphatic hydroxyl groups is 1. The monoisotopic (exact) mass is 341 g/mol. The third-order valence-corrected chi connectivity index (χ3v) is 7.60. The second-order valence-corrected chi connectivity index (χ2v) is 8.80. The first-order valence-electron chi connectivity index (χ1n) is 10.5. The van der Waals surface area contributed by atoms with E-state index in [-0.39, 0.29) is 17.9 Å². The highest BCUT2D eigenvalue weighted by molar-refractivity contribution is 5.63. The molecular formula is C21H25NO3. The number of ether oxygens (including phenoxy) is 1. The van der Waals surface area contributed by atoms with Gasteiger partial charge in [-0.05, 0) is 68.2 Å². The summed E-state index contributed by atoms with van der Waals surface area (Å²) in [4.78, 5) is 2.49. The predicted molar refractivity (Wildman–Crippen MR) is 93.9 cm³/mol. The van der Waals surface area contributed by atoms with Crippen LogP contribution in [0.5, 0.6) is 11.5 Å². The second kappa shape index (κ2) is 4.41. The number of nitrogens with zero attached hydrogens (tertiary/aromatic N) is 1. The van der Waals surface area contributed by atoms with Crippen molar-refractivity contribution < 1.29 is 16.3 Å². The van der Waals surface area contributed by atoms with Gasteiger partial charge in [0.2, 0.25) is 0 Å². The van der Waals surface area contributed by atoms with Gasteiger partial charge in [-0.2, -0.15) is 0 Å². The van der Waals surface area contributed by atoms with E-state index in [1.54, 1.807) is 6.07 Å². The maximum absolute atomic E-state index is 12.2. The van der Waals surface area contributed by atoms with E-state index in [1.165, 1.54) is 12.8 Å². The van der Waals surface area contributed by atoms with Gasteiger partial charge in [0, 0.05) is 18.2 Å². The summed E-state index contributed by atoms with van der Waals surface area (Å²) < 4.78 is 22.4. The lowest BCUT2D eigenvalue weighted by Crippen LogP contribution is -2.75. The molecule has 1 aromatic rings. The van der Waals surface area contributed by atoms with Gasteiger partial charge >= 0.3 is 0 Å². The summed E-state index contributed by atoms with van der Waals surface area (Å²) in [6.45, 7) is 6.27. The molecular weight excluding hydrogens is 314 g/mol. The van der Waals surface area contributed by atoms with Crippen LogP contribution in [0.2, 0.25) is 0 Å². The van der Waals surface area contributed by atoms with Crippen LogP contribution >= 0.6 is 0 Å². The van der Waals surface area contributed by atoms with E-state index in [0.29, 0.717) is 24.6 Å². The summed E-state index contributed by atoms with van der Waals surface area (Å²) in [6, 6.07) is 2.02. The van der Waals surface area contributed by atoms with E-state index in [1.807, 2.05) is 0 Å². The van der Waals surface area contributed by atoms with Crippen LogP contribution in [0.4, 0.5) is 0 Å². The van der Waals surface area contributed by atoms with Crippen LogP contribution < -0.4 is 4.74 Å². The van der Waals surface area contributed by atoms with Crippen molar-refractivity contribution in [2.75, 3.05) is 13.1 Å². The van der Waals surface area contributed by atoms with Gasteiger partial charge in [-0.25, -0.2) is 0 Å². The Bertz CT molecular complexity index is 869. The number of piperidine rings is 1. The summed E-state index contributed by atoms with van der Waals surface area (Å²) in [5, 5.41) is 17.0. The minimum absolute atomic E-state index is 0.0244. The molecule has 4 atom stereocenters. The zero-order chi connectivity index (χ0) is 18.6. The first kappa shape index (κ1) is 12.8. The molecule has 3 fully saturated rings. The molecule has 25 heavy (non-hydrogen) atoms. The summed E-state index contributed by atoms with van der Waals surface area (Å²) >= 11 is 0. The molecule has 1 spiro atoms. The zero-order valence-electron chi connectivity index (χ0n) is 16.4. The van der Waals surface area contributed by atoms with Gasteiger partial charge in [-0.15, -0.1) is 0 Å². The van der Waals surface area contributed by atoms with Crippen molar-refractivity contribution in [3.8, 4) is 11.5 Å². The molecule has 2 aliphatic heterocycles. The molecule has 132 valence electrons. The van der Waals surface area contributed by atoms with E-state index in [0.717, 1.165) is 48.5 Å². The minimum Gasteiger partial charge on any atom is -0.504 e. The van der Waals surface area contributed by atoms with Gasteiger partial charge in [0.25, 0.3) is 1.43 Å². The maximum atomic E-state index is 12.2. The number of phenolic OH excluding ortho intramolecular Hbond substituents is 1. The topological polar surface area (TPSA) is 52.9 Å². The fourth-order valence-corrected chi connectivity index (χ4v) is 6.29. The zero-order valence-corrected chi connectivity index (χ0v) is 14.4. The highest BCUT2D eigenvalue weighted by atomic mass is 16.5. The predicted octanol–water partition coefficient (Wildman–Crippen LogP) is 2.51. The SMILES string of the molecule is [2H]Oc1cc([2H])c2c3c1O[C@H]1C(=C)CC[C@@]4(O)[C@@H](C2)N(CC2CC2)CC[C@]314. The summed E-state index contributed by atoms with van der Waals surface area (Å²) in [6.07, 6.45) is 5.23. The Labute approximate surface area is 151 Å². The Kier molecular flexibility index (Phi) is 2.25. The Balaban J connectivity index is 1.60. The molecule has 4 heteroatoms. The van der Waals surface area contributed by atoms with Crippen LogP contribution in [0.15, 0.2) is 24.3 Å². The van der Waals surface area contributed by atoms with Crippen LogP contribution in [0, 0.1) is 5.92 Å². The number of hydrogen-bond donors (Lipinski definition) is 2. The minimum atomic E-state index is -0.878. The molecule has 2 saturated carbocycles. The quantitative estimate of drug-likeness (QED) is 0.830. The first-order chi connectivity index (χ1) is 13.0. The molecule has 0 aromatic heterocycles. The van der Waals surface area contributed by atoms with Crippen molar-refractivity contribution in [2.24, 2.45) is 5.92 Å². The second-order valence-electron chi connectivity index (χ2n) is 8.80. The molecule has 4 nitrogen and oxygen atoms in total. The number of likely N-dealkylation sites (tertiary alicyclic amines) is 1. The van der Waals surface area contributed by atoms with Gasteiger partial charge in [0.1, 0.15) is 6.10 Å². The van der Waals surface area contributed by atoms with Crippen LogP contribution in [-0.4, -0.2) is 47.4 Å². The Hall–Kier alpha value is -1.52. The van der Waals surface area contributed by atoms with E-state index in [2.05, 4.69) is 11.5 Å². The van der Waals surface area contributed by atoms with Gasteiger partial charge in [0.15, 0.2) is 11.5 Å². The molecule has 3 aliphatic carbocycles. The van der Waals surface area contributed by atoms with Crippen LogP contribution in [-0.2, 0) is 11.8 Å². The number of hydrogen-bond acceptors (Lipinski definition) is 4. The van der Waals surface area contributed by atoms with Crippen LogP contribution in [0.25, 0.3) is 0 Å². The van der Waals surface area contributed by atoms with Crippen molar-refractivity contribution >= 4 is 0 Å². The molecule has 0 unspecified atom stereocenters. The molecule has 2 bridgehead atoms. The average molecular weight is 341 g/mol. The van der Waals surface area contributed by atoms with Crippen molar-refractivity contribution in [1.82, 2.24) is 4.90 Å². The van der Waals surface area contributed by atoms with Crippen molar-refractivity contribution in [3.63, 3.8) is 0 Å². The average Bonchev–Trinajstić information content (AvgIpc) is 3.39. The third kappa shape index (κ3) is 1.57. The summed E-state index contributed by atoms with van der Waals surface area (Å²) in [5.41, 5.74) is 1.49. The van der Waals surface area contributed by atoms with E-state index in [9.17, 15) is 5.11 Å². The van der Waals surface area contributed by atoms with Gasteiger partial charge in [-0.3, -0.25) is 4.90 Å². The lowest BCUT2D eigenvalue weighted by Gasteiger charge is -2.63. The first-order valence-corrected chi connectivity index (χ1v) is 9.60. The number of benzene rings is 1. The fourth-order valence-electron chi connectivity index (χ4n) is 6.29. The lowest BCUT2D eigenvalue weighted by molar-refractivity contribution is -0.174. The normalized spacial score (nSPS) is 42.4.